The van der Waals surface area contributed by atoms with E-state index in [0.717, 1.165) is 73.9 Å². The van der Waals surface area contributed by atoms with Crippen LogP contribution in [-0.4, -0.2) is 91.0 Å². The van der Waals surface area contributed by atoms with Crippen molar-refractivity contribution in [2.75, 3.05) is 65.5 Å². The molecule has 2 N–H and O–H groups in total. The molecular formula is C38H46N6O6. The molecule has 5 aromatic rings. The van der Waals surface area contributed by atoms with E-state index < -0.39 is 0 Å². The number of rotatable bonds is 14. The number of benzene rings is 2. The topological polar surface area (TPSA) is 127 Å². The Morgan fingerprint density at radius 1 is 0.980 bits per heavy atom. The van der Waals surface area contributed by atoms with Crippen LogP contribution in [0.1, 0.15) is 51.8 Å². The van der Waals surface area contributed by atoms with Crippen molar-refractivity contribution in [3.63, 3.8) is 0 Å². The highest BCUT2D eigenvalue weighted by atomic mass is 16.5. The van der Waals surface area contributed by atoms with Crippen LogP contribution in [0.3, 0.4) is 0 Å². The third kappa shape index (κ3) is 7.56. The molecule has 1 saturated heterocycles. The van der Waals surface area contributed by atoms with Gasteiger partial charge in [-0.05, 0) is 74.8 Å². The van der Waals surface area contributed by atoms with Crippen LogP contribution in [0.5, 0.6) is 17.2 Å². The summed E-state index contributed by atoms with van der Waals surface area (Å²) in [4.78, 5) is 27.9. The molecule has 264 valence electrons. The maximum atomic E-state index is 13.6. The summed E-state index contributed by atoms with van der Waals surface area (Å²) < 4.78 is 24.6. The maximum absolute atomic E-state index is 13.6. The summed E-state index contributed by atoms with van der Waals surface area (Å²) >= 11 is 0. The lowest BCUT2D eigenvalue weighted by atomic mass is 9.96. The van der Waals surface area contributed by atoms with E-state index in [0.29, 0.717) is 47.2 Å². The Bertz CT molecular complexity index is 1890. The normalized spacial score (nSPS) is 14.4. The Morgan fingerprint density at radius 3 is 2.54 bits per heavy atom. The Labute approximate surface area is 292 Å². The second-order valence-corrected chi connectivity index (χ2v) is 12.5. The first-order chi connectivity index (χ1) is 24.4. The number of carbonyl (C=O) groups excluding carboxylic acids is 1. The van der Waals surface area contributed by atoms with Gasteiger partial charge in [0.25, 0.3) is 5.91 Å². The second kappa shape index (κ2) is 16.1. The smallest absolute Gasteiger partial charge is 0.251 e. The van der Waals surface area contributed by atoms with Crippen molar-refractivity contribution < 1.29 is 28.5 Å². The van der Waals surface area contributed by atoms with Gasteiger partial charge in [0, 0.05) is 55.6 Å². The number of aliphatic hydroxyl groups is 1. The molecule has 1 aliphatic heterocycles. The minimum absolute atomic E-state index is 0.0654. The molecule has 0 aliphatic carbocycles. The molecule has 12 nitrogen and oxygen atoms in total. The van der Waals surface area contributed by atoms with Gasteiger partial charge in [-0.3, -0.25) is 9.78 Å². The van der Waals surface area contributed by atoms with Gasteiger partial charge in [0.1, 0.15) is 18.1 Å². The molecule has 0 saturated carbocycles. The molecule has 6 rings (SSSR count). The van der Waals surface area contributed by atoms with E-state index in [9.17, 15) is 9.90 Å². The van der Waals surface area contributed by atoms with Crippen molar-refractivity contribution in [2.24, 2.45) is 0 Å². The number of furan rings is 1. The number of amides is 1. The fourth-order valence-electron chi connectivity index (χ4n) is 6.79. The minimum Gasteiger partial charge on any atom is -0.493 e. The van der Waals surface area contributed by atoms with Crippen molar-refractivity contribution in [3.05, 3.63) is 95.2 Å². The SMILES string of the molecule is COc1cc(C(=O)NCC(CCN2CCCN(c3nc4ccccc4n3Cc3ccc(CO)o3)CC2)c2cccnc2)c(C)c(OC)c1OC. The molecule has 2 aromatic carbocycles. The average molecular weight is 683 g/mol. The standard InChI is InChI=1S/C38H46N6O6/c1-26-31(21-34(47-2)36(49-4)35(26)48-3)37(46)40-23-28(27-9-7-15-39-22-27)14-18-42-16-8-17-43(20-19-42)38-41-32-10-5-6-11-33(32)44(38)24-29-12-13-30(25-45)50-29/h5-7,9-13,15,21-22,28,45H,8,14,16-20,23-25H2,1-4H3,(H,40,46). The zero-order chi connectivity index (χ0) is 35.0. The number of imidazole rings is 1. The van der Waals surface area contributed by atoms with Crippen molar-refractivity contribution in [1.82, 2.24) is 24.8 Å². The molecule has 12 heteroatoms. The second-order valence-electron chi connectivity index (χ2n) is 12.5. The van der Waals surface area contributed by atoms with Crippen LogP contribution >= 0.6 is 0 Å². The molecule has 0 bridgehead atoms. The predicted octanol–water partition coefficient (Wildman–Crippen LogP) is 5.02. The fourth-order valence-corrected chi connectivity index (χ4v) is 6.79. The third-order valence-electron chi connectivity index (χ3n) is 9.47. The van der Waals surface area contributed by atoms with Gasteiger partial charge < -0.3 is 43.4 Å². The molecule has 1 aliphatic rings. The molecule has 1 fully saturated rings. The Hall–Kier alpha value is -5.07. The summed E-state index contributed by atoms with van der Waals surface area (Å²) in [6.07, 6.45) is 5.50. The van der Waals surface area contributed by atoms with Crippen molar-refractivity contribution in [3.8, 4) is 17.2 Å². The zero-order valence-electron chi connectivity index (χ0n) is 29.2. The highest BCUT2D eigenvalue weighted by Crippen LogP contribution is 2.41. The van der Waals surface area contributed by atoms with Crippen molar-refractivity contribution in [1.29, 1.82) is 0 Å². The van der Waals surface area contributed by atoms with Gasteiger partial charge in [0.05, 0.1) is 38.9 Å². The molecule has 3 aromatic heterocycles. The van der Waals surface area contributed by atoms with Gasteiger partial charge in [-0.2, -0.15) is 0 Å². The number of nitrogens with one attached hydrogen (secondary N) is 1. The average Bonchev–Trinajstić information content (AvgIpc) is 3.68. The van der Waals surface area contributed by atoms with E-state index >= 15 is 0 Å². The summed E-state index contributed by atoms with van der Waals surface area (Å²) in [6.45, 7) is 7.14. The lowest BCUT2D eigenvalue weighted by Crippen LogP contribution is -2.34. The van der Waals surface area contributed by atoms with Crippen LogP contribution in [0.25, 0.3) is 11.0 Å². The molecule has 1 atom stereocenters. The number of carbonyl (C=O) groups is 1. The third-order valence-corrected chi connectivity index (χ3v) is 9.47. The molecule has 0 radical (unpaired) electrons. The Balaban J connectivity index is 1.13. The van der Waals surface area contributed by atoms with Gasteiger partial charge in [0.2, 0.25) is 11.7 Å². The number of hydrogen-bond acceptors (Lipinski definition) is 10. The number of methoxy groups -OCH3 is 3. The molecule has 0 spiro atoms. The minimum atomic E-state index is -0.203. The first-order valence-electron chi connectivity index (χ1n) is 17.0. The van der Waals surface area contributed by atoms with Crippen molar-refractivity contribution in [2.45, 2.75) is 38.8 Å². The number of fused-ring (bicyclic) bond motifs is 1. The number of aliphatic hydroxyl groups excluding tert-OH is 1. The van der Waals surface area contributed by atoms with Crippen LogP contribution in [0.4, 0.5) is 5.95 Å². The largest absolute Gasteiger partial charge is 0.493 e. The highest BCUT2D eigenvalue weighted by Gasteiger charge is 2.25. The Morgan fingerprint density at radius 2 is 1.80 bits per heavy atom. The van der Waals surface area contributed by atoms with E-state index in [1.807, 2.05) is 49.5 Å². The monoisotopic (exact) mass is 682 g/mol. The van der Waals surface area contributed by atoms with Crippen LogP contribution in [-0.2, 0) is 13.2 Å². The lowest BCUT2D eigenvalue weighted by molar-refractivity contribution is 0.0948. The van der Waals surface area contributed by atoms with Crippen LogP contribution < -0.4 is 24.4 Å². The first kappa shape index (κ1) is 34.8. The first-order valence-corrected chi connectivity index (χ1v) is 17.0. The molecular weight excluding hydrogens is 636 g/mol. The van der Waals surface area contributed by atoms with Gasteiger partial charge in [-0.25, -0.2) is 4.98 Å². The van der Waals surface area contributed by atoms with Crippen LogP contribution in [0.15, 0.2) is 71.4 Å². The number of hydrogen-bond donors (Lipinski definition) is 2. The number of ether oxygens (including phenoxy) is 3. The number of aromatic nitrogens is 3. The van der Waals surface area contributed by atoms with Gasteiger partial charge in [0.15, 0.2) is 11.5 Å². The molecule has 1 amide bonds. The van der Waals surface area contributed by atoms with Crippen LogP contribution in [0, 0.1) is 6.92 Å². The van der Waals surface area contributed by atoms with Gasteiger partial charge >= 0.3 is 0 Å². The highest BCUT2D eigenvalue weighted by molar-refractivity contribution is 5.97. The molecule has 1 unspecified atom stereocenters. The predicted molar refractivity (Wildman–Crippen MR) is 191 cm³/mol. The number of anilines is 1. The lowest BCUT2D eigenvalue weighted by Gasteiger charge is -2.25. The van der Waals surface area contributed by atoms with E-state index in [1.165, 1.54) is 0 Å². The van der Waals surface area contributed by atoms with Gasteiger partial charge in [-0.15, -0.1) is 0 Å². The van der Waals surface area contributed by atoms with E-state index in [4.69, 9.17) is 23.6 Å². The molecule has 4 heterocycles. The van der Waals surface area contributed by atoms with E-state index in [1.54, 1.807) is 33.6 Å². The van der Waals surface area contributed by atoms with E-state index in [2.05, 4.69) is 36.8 Å². The van der Waals surface area contributed by atoms with E-state index in [-0.39, 0.29) is 18.4 Å². The number of pyridine rings is 1. The maximum Gasteiger partial charge on any atom is 0.251 e. The number of nitrogens with zero attached hydrogens (tertiary/aromatic N) is 5. The number of para-hydroxylation sites is 2. The quantitative estimate of drug-likeness (QED) is 0.165. The van der Waals surface area contributed by atoms with Crippen molar-refractivity contribution >= 4 is 22.9 Å². The van der Waals surface area contributed by atoms with Gasteiger partial charge in [-0.1, -0.05) is 18.2 Å². The zero-order valence-corrected chi connectivity index (χ0v) is 29.2. The Kier molecular flexibility index (Phi) is 11.2. The molecule has 50 heavy (non-hydrogen) atoms. The van der Waals surface area contributed by atoms with Crippen LogP contribution in [0.2, 0.25) is 0 Å². The fraction of sp³-hybridized carbons (Fsp3) is 0.395. The summed E-state index contributed by atoms with van der Waals surface area (Å²) in [6, 6.07) is 17.6. The summed E-state index contributed by atoms with van der Waals surface area (Å²) in [7, 11) is 4.64. The summed E-state index contributed by atoms with van der Waals surface area (Å²) in [5, 5.41) is 12.7. The summed E-state index contributed by atoms with van der Waals surface area (Å²) in [5.41, 5.74) is 4.24. The summed E-state index contributed by atoms with van der Waals surface area (Å²) in [5.74, 6) is 3.49.